The van der Waals surface area contributed by atoms with E-state index in [0.717, 1.165) is 61.6 Å². The van der Waals surface area contributed by atoms with Crippen molar-refractivity contribution in [3.05, 3.63) is 65.7 Å². The molecule has 0 aliphatic carbocycles. The monoisotopic (exact) mass is 454 g/mol. The van der Waals surface area contributed by atoms with Gasteiger partial charge in [-0.05, 0) is 12.1 Å². The standard InChI is InChI=1S/C22H23ClN6OS/c23-18-7-4-8-29-21(18)25-20(26-29)16-31-22-24-19(17-5-2-1-3-6-17)15-28(22)10-9-27-11-13-30-14-12-27/h1-8,15H,9-14,16H2. The van der Waals surface area contributed by atoms with Gasteiger partial charge in [0.15, 0.2) is 16.6 Å². The maximum Gasteiger partial charge on any atom is 0.174 e. The highest BCUT2D eigenvalue weighted by Crippen LogP contribution is 2.27. The van der Waals surface area contributed by atoms with Gasteiger partial charge in [-0.15, -0.1) is 0 Å². The number of morpholine rings is 1. The SMILES string of the molecule is Clc1cccn2nc(CSc3nc(-c4ccccc4)cn3CCN3CCOCC3)nc12. The van der Waals surface area contributed by atoms with Crippen LogP contribution in [0.1, 0.15) is 5.82 Å². The zero-order chi connectivity index (χ0) is 21.0. The van der Waals surface area contributed by atoms with Crippen LogP contribution in [0, 0.1) is 0 Å². The van der Waals surface area contributed by atoms with Crippen molar-refractivity contribution in [2.45, 2.75) is 17.5 Å². The molecule has 0 amide bonds. The summed E-state index contributed by atoms with van der Waals surface area (Å²) in [6.45, 7) is 5.44. The van der Waals surface area contributed by atoms with Crippen molar-refractivity contribution >= 4 is 29.0 Å². The lowest BCUT2D eigenvalue weighted by molar-refractivity contribution is 0.0361. The molecule has 0 radical (unpaired) electrons. The summed E-state index contributed by atoms with van der Waals surface area (Å²) in [5.74, 6) is 1.36. The topological polar surface area (TPSA) is 60.5 Å². The van der Waals surface area contributed by atoms with Gasteiger partial charge in [0.25, 0.3) is 0 Å². The first-order valence-corrected chi connectivity index (χ1v) is 11.7. The second-order valence-electron chi connectivity index (χ2n) is 7.36. The van der Waals surface area contributed by atoms with Gasteiger partial charge in [-0.2, -0.15) is 5.10 Å². The molecule has 5 rings (SSSR count). The summed E-state index contributed by atoms with van der Waals surface area (Å²) >= 11 is 7.89. The van der Waals surface area contributed by atoms with Gasteiger partial charge >= 0.3 is 0 Å². The number of aromatic nitrogens is 5. The molecule has 1 fully saturated rings. The first-order chi connectivity index (χ1) is 15.3. The van der Waals surface area contributed by atoms with Crippen molar-refractivity contribution in [1.82, 2.24) is 29.0 Å². The molecule has 1 aliphatic heterocycles. The lowest BCUT2D eigenvalue weighted by Crippen LogP contribution is -2.38. The van der Waals surface area contributed by atoms with Gasteiger partial charge in [0, 0.05) is 44.1 Å². The van der Waals surface area contributed by atoms with Crippen LogP contribution in [0.25, 0.3) is 16.9 Å². The van der Waals surface area contributed by atoms with E-state index in [9.17, 15) is 0 Å². The number of hydrogen-bond donors (Lipinski definition) is 0. The summed E-state index contributed by atoms with van der Waals surface area (Å²) in [5, 5.41) is 6.11. The van der Waals surface area contributed by atoms with Crippen LogP contribution in [0.3, 0.4) is 0 Å². The normalized spacial score (nSPS) is 15.0. The molecule has 7 nitrogen and oxygen atoms in total. The molecule has 1 aromatic carbocycles. The third-order valence-corrected chi connectivity index (χ3v) is 6.54. The molecular formula is C22H23ClN6OS. The Bertz CT molecular complexity index is 1160. The van der Waals surface area contributed by atoms with Crippen LogP contribution in [0.5, 0.6) is 0 Å². The Hall–Kier alpha value is -2.39. The van der Waals surface area contributed by atoms with Crippen LogP contribution in [0.2, 0.25) is 5.02 Å². The molecule has 0 unspecified atom stereocenters. The Morgan fingerprint density at radius 1 is 1.00 bits per heavy atom. The van der Waals surface area contributed by atoms with Crippen molar-refractivity contribution in [3.8, 4) is 11.3 Å². The van der Waals surface area contributed by atoms with Crippen LogP contribution in [-0.2, 0) is 17.0 Å². The number of pyridine rings is 1. The molecule has 0 bridgehead atoms. The van der Waals surface area contributed by atoms with E-state index < -0.39 is 0 Å². The average molecular weight is 455 g/mol. The minimum absolute atomic E-state index is 0.602. The highest BCUT2D eigenvalue weighted by molar-refractivity contribution is 7.98. The van der Waals surface area contributed by atoms with Crippen molar-refractivity contribution in [3.63, 3.8) is 0 Å². The summed E-state index contributed by atoms with van der Waals surface area (Å²) in [6.07, 6.45) is 4.01. The van der Waals surface area contributed by atoms with Crippen LogP contribution < -0.4 is 0 Å². The van der Waals surface area contributed by atoms with E-state index in [1.54, 1.807) is 16.3 Å². The van der Waals surface area contributed by atoms with Gasteiger partial charge < -0.3 is 9.30 Å². The van der Waals surface area contributed by atoms with Gasteiger partial charge in [-0.1, -0.05) is 53.7 Å². The molecule has 0 N–H and O–H groups in total. The summed E-state index contributed by atoms with van der Waals surface area (Å²) in [7, 11) is 0. The second kappa shape index (κ2) is 9.40. The van der Waals surface area contributed by atoms with Crippen molar-refractivity contribution in [2.75, 3.05) is 32.8 Å². The van der Waals surface area contributed by atoms with E-state index in [0.29, 0.717) is 16.4 Å². The number of nitrogens with zero attached hydrogens (tertiary/aromatic N) is 6. The Morgan fingerprint density at radius 3 is 2.65 bits per heavy atom. The minimum Gasteiger partial charge on any atom is -0.379 e. The highest BCUT2D eigenvalue weighted by Gasteiger charge is 2.15. The lowest BCUT2D eigenvalue weighted by Gasteiger charge is -2.26. The quantitative estimate of drug-likeness (QED) is 0.395. The van der Waals surface area contributed by atoms with Crippen LogP contribution in [0.15, 0.2) is 60.0 Å². The molecule has 1 saturated heterocycles. The van der Waals surface area contributed by atoms with E-state index in [1.807, 2.05) is 36.5 Å². The number of fused-ring (bicyclic) bond motifs is 1. The van der Waals surface area contributed by atoms with Gasteiger partial charge in [-0.3, -0.25) is 4.90 Å². The van der Waals surface area contributed by atoms with Crippen LogP contribution >= 0.6 is 23.4 Å². The van der Waals surface area contributed by atoms with Crippen molar-refractivity contribution < 1.29 is 4.74 Å². The molecule has 9 heteroatoms. The van der Waals surface area contributed by atoms with Crippen molar-refractivity contribution in [2.24, 2.45) is 0 Å². The van der Waals surface area contributed by atoms with Crippen LogP contribution in [0.4, 0.5) is 0 Å². The van der Waals surface area contributed by atoms with E-state index in [2.05, 4.69) is 37.9 Å². The Labute approximate surface area is 190 Å². The van der Waals surface area contributed by atoms with Gasteiger partial charge in [0.2, 0.25) is 0 Å². The molecule has 4 heterocycles. The summed E-state index contributed by atoms with van der Waals surface area (Å²) < 4.78 is 9.43. The zero-order valence-corrected chi connectivity index (χ0v) is 18.6. The molecule has 3 aromatic heterocycles. The number of benzene rings is 1. The summed E-state index contributed by atoms with van der Waals surface area (Å²) in [6, 6.07) is 14.0. The predicted molar refractivity (Wildman–Crippen MR) is 122 cm³/mol. The number of ether oxygens (including phenoxy) is 1. The largest absolute Gasteiger partial charge is 0.379 e. The van der Waals surface area contributed by atoms with E-state index in [4.69, 9.17) is 21.3 Å². The Kier molecular flexibility index (Phi) is 6.22. The highest BCUT2D eigenvalue weighted by atomic mass is 35.5. The summed E-state index contributed by atoms with van der Waals surface area (Å²) in [5.41, 5.74) is 2.78. The van der Waals surface area contributed by atoms with E-state index in [1.165, 1.54) is 0 Å². The molecule has 0 saturated carbocycles. The maximum absolute atomic E-state index is 6.24. The summed E-state index contributed by atoms with van der Waals surface area (Å²) in [4.78, 5) is 11.9. The number of rotatable bonds is 7. The Balaban J connectivity index is 1.35. The molecule has 0 atom stereocenters. The molecule has 1 aliphatic rings. The fraction of sp³-hybridized carbons (Fsp3) is 0.318. The first kappa shape index (κ1) is 20.5. The smallest absolute Gasteiger partial charge is 0.174 e. The molecular weight excluding hydrogens is 432 g/mol. The van der Waals surface area contributed by atoms with Gasteiger partial charge in [-0.25, -0.2) is 14.5 Å². The van der Waals surface area contributed by atoms with Gasteiger partial charge in [0.1, 0.15) is 0 Å². The number of imidazole rings is 1. The Morgan fingerprint density at radius 2 is 1.84 bits per heavy atom. The molecule has 160 valence electrons. The third kappa shape index (κ3) is 4.77. The predicted octanol–water partition coefficient (Wildman–Crippen LogP) is 3.87. The van der Waals surface area contributed by atoms with Crippen molar-refractivity contribution in [1.29, 1.82) is 0 Å². The first-order valence-electron chi connectivity index (χ1n) is 10.3. The molecule has 0 spiro atoms. The fourth-order valence-electron chi connectivity index (χ4n) is 3.60. The second-order valence-corrected chi connectivity index (χ2v) is 8.71. The lowest BCUT2D eigenvalue weighted by atomic mass is 10.2. The number of halogens is 1. The van der Waals surface area contributed by atoms with Gasteiger partial charge in [0.05, 0.1) is 29.7 Å². The third-order valence-electron chi connectivity index (χ3n) is 5.26. The number of thioether (sulfide) groups is 1. The maximum atomic E-state index is 6.24. The fourth-order valence-corrected chi connectivity index (χ4v) is 4.66. The number of hydrogen-bond acceptors (Lipinski definition) is 6. The molecule has 4 aromatic rings. The zero-order valence-electron chi connectivity index (χ0n) is 17.0. The molecule has 31 heavy (non-hydrogen) atoms. The average Bonchev–Trinajstić information content (AvgIpc) is 3.42. The van der Waals surface area contributed by atoms with Crippen LogP contribution in [-0.4, -0.2) is 61.9 Å². The van der Waals surface area contributed by atoms with E-state index in [-0.39, 0.29) is 0 Å². The van der Waals surface area contributed by atoms with E-state index >= 15 is 0 Å². The minimum atomic E-state index is 0.602.